The van der Waals surface area contributed by atoms with Crippen molar-refractivity contribution in [3.8, 4) is 0 Å². The van der Waals surface area contributed by atoms with Gasteiger partial charge in [0.05, 0.1) is 18.5 Å². The maximum atomic E-state index is 5.19. The molecule has 1 aromatic rings. The third-order valence-electron chi connectivity index (χ3n) is 2.86. The third-order valence-corrected chi connectivity index (χ3v) is 4.68. The normalized spacial score (nSPS) is 17.8. The lowest BCUT2D eigenvalue weighted by Gasteiger charge is -2.25. The lowest BCUT2D eigenvalue weighted by Crippen LogP contribution is -2.30. The van der Waals surface area contributed by atoms with E-state index in [1.165, 1.54) is 14.9 Å². The van der Waals surface area contributed by atoms with Gasteiger partial charge in [0.2, 0.25) is 0 Å². The SMILES string of the molecule is CCNC(C)c1ccc(SC2COC2)cc1Br. The van der Waals surface area contributed by atoms with Crippen molar-refractivity contribution >= 4 is 27.7 Å². The van der Waals surface area contributed by atoms with Gasteiger partial charge in [-0.05, 0) is 31.2 Å². The maximum absolute atomic E-state index is 5.19. The van der Waals surface area contributed by atoms with Crippen LogP contribution in [0.15, 0.2) is 27.6 Å². The summed E-state index contributed by atoms with van der Waals surface area (Å²) in [7, 11) is 0. The summed E-state index contributed by atoms with van der Waals surface area (Å²) >= 11 is 5.57. The number of rotatable bonds is 5. The highest BCUT2D eigenvalue weighted by Gasteiger charge is 2.20. The van der Waals surface area contributed by atoms with E-state index in [1.54, 1.807) is 0 Å². The van der Waals surface area contributed by atoms with Crippen LogP contribution in [0.2, 0.25) is 0 Å². The van der Waals surface area contributed by atoms with E-state index in [2.05, 4.69) is 53.3 Å². The minimum absolute atomic E-state index is 0.389. The van der Waals surface area contributed by atoms with Crippen LogP contribution < -0.4 is 5.32 Å². The van der Waals surface area contributed by atoms with Gasteiger partial charge in [0.15, 0.2) is 0 Å². The second-order valence-electron chi connectivity index (χ2n) is 4.24. The minimum Gasteiger partial charge on any atom is -0.379 e. The second kappa shape index (κ2) is 6.23. The van der Waals surface area contributed by atoms with Crippen molar-refractivity contribution in [2.24, 2.45) is 0 Å². The summed E-state index contributed by atoms with van der Waals surface area (Å²) in [5.41, 5.74) is 1.32. The Morgan fingerprint density at radius 2 is 2.29 bits per heavy atom. The molecular formula is C13H18BrNOS. The Morgan fingerprint density at radius 1 is 1.53 bits per heavy atom. The smallest absolute Gasteiger partial charge is 0.0611 e. The molecule has 1 fully saturated rings. The number of thioether (sulfide) groups is 1. The summed E-state index contributed by atoms with van der Waals surface area (Å²) < 4.78 is 6.38. The topological polar surface area (TPSA) is 21.3 Å². The van der Waals surface area contributed by atoms with Gasteiger partial charge in [-0.3, -0.25) is 0 Å². The molecule has 1 atom stereocenters. The fourth-order valence-electron chi connectivity index (χ4n) is 1.82. The summed E-state index contributed by atoms with van der Waals surface area (Å²) in [6.07, 6.45) is 0. The monoisotopic (exact) mass is 315 g/mol. The first-order chi connectivity index (χ1) is 8.20. The van der Waals surface area contributed by atoms with E-state index in [0.717, 1.165) is 19.8 Å². The van der Waals surface area contributed by atoms with Gasteiger partial charge in [-0.15, -0.1) is 11.8 Å². The predicted molar refractivity (Wildman–Crippen MR) is 76.7 cm³/mol. The van der Waals surface area contributed by atoms with Crippen LogP contribution in [0.4, 0.5) is 0 Å². The van der Waals surface area contributed by atoms with Crippen LogP contribution in [-0.4, -0.2) is 25.0 Å². The Kier molecular flexibility index (Phi) is 4.91. The molecule has 1 aliphatic heterocycles. The van der Waals surface area contributed by atoms with E-state index in [9.17, 15) is 0 Å². The van der Waals surface area contributed by atoms with Crippen LogP contribution in [-0.2, 0) is 4.74 Å². The zero-order valence-electron chi connectivity index (χ0n) is 10.2. The molecule has 2 rings (SSSR count). The van der Waals surface area contributed by atoms with Gasteiger partial charge in [0.1, 0.15) is 0 Å². The van der Waals surface area contributed by atoms with Crippen molar-refractivity contribution < 1.29 is 4.74 Å². The average molecular weight is 316 g/mol. The van der Waals surface area contributed by atoms with Crippen LogP contribution >= 0.6 is 27.7 Å². The number of ether oxygens (including phenoxy) is 1. The number of hydrogen-bond donors (Lipinski definition) is 1. The molecule has 1 N–H and O–H groups in total. The molecule has 1 unspecified atom stereocenters. The van der Waals surface area contributed by atoms with Crippen molar-refractivity contribution in [2.45, 2.75) is 30.0 Å². The Morgan fingerprint density at radius 3 is 2.82 bits per heavy atom. The standard InChI is InChI=1S/C13H18BrNOS/c1-3-15-9(2)12-5-4-10(6-13(12)14)17-11-7-16-8-11/h4-6,9,11,15H,3,7-8H2,1-2H3. The molecule has 0 saturated carbocycles. The quantitative estimate of drug-likeness (QED) is 0.897. The highest BCUT2D eigenvalue weighted by atomic mass is 79.9. The van der Waals surface area contributed by atoms with E-state index in [4.69, 9.17) is 4.74 Å². The fourth-order valence-corrected chi connectivity index (χ4v) is 3.74. The van der Waals surface area contributed by atoms with Crippen LogP contribution in [0.1, 0.15) is 25.5 Å². The predicted octanol–water partition coefficient (Wildman–Crippen LogP) is 3.61. The van der Waals surface area contributed by atoms with Crippen LogP contribution in [0.25, 0.3) is 0 Å². The minimum atomic E-state index is 0.389. The van der Waals surface area contributed by atoms with Gasteiger partial charge < -0.3 is 10.1 Å². The van der Waals surface area contributed by atoms with E-state index in [0.29, 0.717) is 11.3 Å². The van der Waals surface area contributed by atoms with E-state index < -0.39 is 0 Å². The zero-order chi connectivity index (χ0) is 12.3. The van der Waals surface area contributed by atoms with Crippen LogP contribution in [0.3, 0.4) is 0 Å². The van der Waals surface area contributed by atoms with E-state index >= 15 is 0 Å². The number of benzene rings is 1. The molecule has 0 bridgehead atoms. The molecular weight excluding hydrogens is 298 g/mol. The summed E-state index contributed by atoms with van der Waals surface area (Å²) in [4.78, 5) is 1.32. The number of hydrogen-bond acceptors (Lipinski definition) is 3. The highest BCUT2D eigenvalue weighted by molar-refractivity contribution is 9.10. The Balaban J connectivity index is 2.04. The van der Waals surface area contributed by atoms with Crippen molar-refractivity contribution in [3.05, 3.63) is 28.2 Å². The fraction of sp³-hybridized carbons (Fsp3) is 0.538. The lowest BCUT2D eigenvalue weighted by atomic mass is 10.1. The molecule has 0 spiro atoms. The molecule has 1 aliphatic rings. The van der Waals surface area contributed by atoms with Gasteiger partial charge in [-0.1, -0.05) is 28.9 Å². The molecule has 0 aromatic heterocycles. The van der Waals surface area contributed by atoms with Gasteiger partial charge in [0, 0.05) is 15.4 Å². The molecule has 94 valence electrons. The second-order valence-corrected chi connectivity index (χ2v) is 6.47. The molecule has 0 radical (unpaired) electrons. The summed E-state index contributed by atoms with van der Waals surface area (Å²) in [5, 5.41) is 4.07. The molecule has 17 heavy (non-hydrogen) atoms. The summed E-state index contributed by atoms with van der Waals surface area (Å²) in [6.45, 7) is 7.08. The van der Waals surface area contributed by atoms with Gasteiger partial charge in [-0.2, -0.15) is 0 Å². The van der Waals surface area contributed by atoms with Crippen molar-refractivity contribution in [3.63, 3.8) is 0 Å². The van der Waals surface area contributed by atoms with Crippen molar-refractivity contribution in [1.82, 2.24) is 5.32 Å². The van der Waals surface area contributed by atoms with E-state index in [-0.39, 0.29) is 0 Å². The molecule has 0 amide bonds. The molecule has 4 heteroatoms. The average Bonchev–Trinajstić information content (AvgIpc) is 2.24. The molecule has 0 aliphatic carbocycles. The van der Waals surface area contributed by atoms with Gasteiger partial charge >= 0.3 is 0 Å². The zero-order valence-corrected chi connectivity index (χ0v) is 12.6. The van der Waals surface area contributed by atoms with E-state index in [1.807, 2.05) is 11.8 Å². The van der Waals surface area contributed by atoms with Gasteiger partial charge in [-0.25, -0.2) is 0 Å². The van der Waals surface area contributed by atoms with Gasteiger partial charge in [0.25, 0.3) is 0 Å². The van der Waals surface area contributed by atoms with Crippen LogP contribution in [0.5, 0.6) is 0 Å². The first kappa shape index (κ1) is 13.4. The Bertz CT molecular complexity index is 382. The number of nitrogens with one attached hydrogen (secondary N) is 1. The first-order valence-electron chi connectivity index (χ1n) is 5.98. The summed E-state index contributed by atoms with van der Waals surface area (Å²) in [6, 6.07) is 7.02. The largest absolute Gasteiger partial charge is 0.379 e. The maximum Gasteiger partial charge on any atom is 0.0611 e. The van der Waals surface area contributed by atoms with Crippen LogP contribution in [0, 0.1) is 0 Å². The van der Waals surface area contributed by atoms with Crippen molar-refractivity contribution in [1.29, 1.82) is 0 Å². The highest BCUT2D eigenvalue weighted by Crippen LogP contribution is 2.32. The first-order valence-corrected chi connectivity index (χ1v) is 7.65. The summed E-state index contributed by atoms with van der Waals surface area (Å²) in [5.74, 6) is 0. The number of halogens is 1. The van der Waals surface area contributed by atoms with Crippen molar-refractivity contribution in [2.75, 3.05) is 19.8 Å². The molecule has 2 nitrogen and oxygen atoms in total. The Labute approximate surface area is 116 Å². The molecule has 1 heterocycles. The third kappa shape index (κ3) is 3.47. The molecule has 1 saturated heterocycles. The Hall–Kier alpha value is -0.0300. The molecule has 1 aromatic carbocycles. The lowest BCUT2D eigenvalue weighted by molar-refractivity contribution is 0.0455.